The molecule has 2 aromatic carbocycles. The van der Waals surface area contributed by atoms with Crippen LogP contribution in [0.1, 0.15) is 38.8 Å². The van der Waals surface area contributed by atoms with Gasteiger partial charge >= 0.3 is 6.09 Å². The molecule has 1 aliphatic heterocycles. The maximum Gasteiger partial charge on any atom is 0.411 e. The summed E-state index contributed by atoms with van der Waals surface area (Å²) in [6.45, 7) is 11.5. The number of ether oxygens (including phenoxy) is 2. The number of rotatable bonds is 4. The lowest BCUT2D eigenvalue weighted by atomic mass is 9.95. The van der Waals surface area contributed by atoms with Gasteiger partial charge in [-0.05, 0) is 48.4 Å². The molecule has 2 amide bonds. The second-order valence-corrected chi connectivity index (χ2v) is 8.21. The number of nitrogens with one attached hydrogen (secondary N) is 2. The van der Waals surface area contributed by atoms with Crippen LogP contribution in [0, 0.1) is 5.41 Å². The molecule has 1 heterocycles. The largest absolute Gasteiger partial charge is 0.457 e. The van der Waals surface area contributed by atoms with E-state index in [1.54, 1.807) is 36.4 Å². The third-order valence-electron chi connectivity index (χ3n) is 4.53. The van der Waals surface area contributed by atoms with Crippen LogP contribution in [0.25, 0.3) is 5.57 Å². The van der Waals surface area contributed by atoms with Gasteiger partial charge in [-0.25, -0.2) is 4.79 Å². The van der Waals surface area contributed by atoms with Gasteiger partial charge in [0.15, 0.2) is 0 Å². The number of benzene rings is 2. The Hall–Kier alpha value is -3.54. The van der Waals surface area contributed by atoms with Crippen molar-refractivity contribution < 1.29 is 19.1 Å². The van der Waals surface area contributed by atoms with Gasteiger partial charge < -0.3 is 14.8 Å². The highest BCUT2D eigenvalue weighted by molar-refractivity contribution is 5.94. The van der Waals surface area contributed by atoms with E-state index in [1.807, 2.05) is 39.8 Å². The summed E-state index contributed by atoms with van der Waals surface area (Å²) >= 11 is 0. The van der Waals surface area contributed by atoms with Crippen molar-refractivity contribution in [1.82, 2.24) is 0 Å². The van der Waals surface area contributed by atoms with Gasteiger partial charge in [-0.2, -0.15) is 0 Å². The highest BCUT2D eigenvalue weighted by Crippen LogP contribution is 2.34. The minimum Gasteiger partial charge on any atom is -0.457 e. The molecule has 0 saturated heterocycles. The van der Waals surface area contributed by atoms with E-state index in [0.29, 0.717) is 22.9 Å². The molecule has 6 heteroatoms. The Kier molecular flexibility index (Phi) is 5.96. The molecule has 0 fully saturated rings. The van der Waals surface area contributed by atoms with Crippen LogP contribution in [-0.4, -0.2) is 12.0 Å². The zero-order valence-electron chi connectivity index (χ0n) is 17.7. The second-order valence-electron chi connectivity index (χ2n) is 8.21. The van der Waals surface area contributed by atoms with E-state index in [-0.39, 0.29) is 12.5 Å². The molecule has 3 rings (SSSR count). The number of allylic oxidation sites excluding steroid dienone is 2. The van der Waals surface area contributed by atoms with Gasteiger partial charge in [0.25, 0.3) is 0 Å². The molecular formula is C24H26N2O4. The van der Waals surface area contributed by atoms with Crippen molar-refractivity contribution in [3.63, 3.8) is 0 Å². The van der Waals surface area contributed by atoms with Crippen LogP contribution in [0.4, 0.5) is 16.2 Å². The minimum atomic E-state index is -0.568. The summed E-state index contributed by atoms with van der Waals surface area (Å²) in [6, 6.07) is 12.6. The highest BCUT2D eigenvalue weighted by Gasteiger charge is 2.21. The average molecular weight is 406 g/mol. The first-order valence-corrected chi connectivity index (χ1v) is 9.65. The van der Waals surface area contributed by atoms with Gasteiger partial charge in [0, 0.05) is 28.4 Å². The van der Waals surface area contributed by atoms with E-state index in [2.05, 4.69) is 17.2 Å². The van der Waals surface area contributed by atoms with E-state index < -0.39 is 11.5 Å². The molecule has 0 atom stereocenters. The highest BCUT2D eigenvalue weighted by atomic mass is 16.5. The molecular weight excluding hydrogens is 380 g/mol. The Morgan fingerprint density at radius 2 is 1.70 bits per heavy atom. The Morgan fingerprint density at radius 1 is 1.03 bits per heavy atom. The first kappa shape index (κ1) is 21.2. The summed E-state index contributed by atoms with van der Waals surface area (Å²) < 4.78 is 10.9. The normalized spacial score (nSPS) is 12.9. The molecule has 2 aromatic rings. The topological polar surface area (TPSA) is 76.7 Å². The van der Waals surface area contributed by atoms with Crippen LogP contribution in [0.2, 0.25) is 0 Å². The Labute approximate surface area is 176 Å². The number of anilines is 2. The monoisotopic (exact) mass is 406 g/mol. The van der Waals surface area contributed by atoms with Crippen LogP contribution < -0.4 is 15.4 Å². The van der Waals surface area contributed by atoms with Crippen molar-refractivity contribution in [1.29, 1.82) is 0 Å². The number of hydrogen-bond donors (Lipinski definition) is 2. The lowest BCUT2D eigenvalue weighted by Crippen LogP contribution is -2.27. The predicted molar refractivity (Wildman–Crippen MR) is 118 cm³/mol. The molecule has 0 radical (unpaired) electrons. The summed E-state index contributed by atoms with van der Waals surface area (Å²) in [7, 11) is 0. The summed E-state index contributed by atoms with van der Waals surface area (Å²) in [4.78, 5) is 24.2. The van der Waals surface area contributed by atoms with Crippen LogP contribution >= 0.6 is 0 Å². The van der Waals surface area contributed by atoms with Crippen molar-refractivity contribution in [2.75, 3.05) is 10.6 Å². The van der Waals surface area contributed by atoms with Crippen LogP contribution in [0.15, 0.2) is 60.9 Å². The molecule has 30 heavy (non-hydrogen) atoms. The van der Waals surface area contributed by atoms with Crippen LogP contribution in [0.5, 0.6) is 5.75 Å². The Bertz CT molecular complexity index is 1010. The number of carbonyl (C=O) groups excluding carboxylic acids is 2. The Morgan fingerprint density at radius 3 is 2.37 bits per heavy atom. The standard InChI is InChI=1S/C24H26N2O4/c1-15-12-16(2)30-21-13-19(10-11-20(15)21)26-23(28)29-14-17-6-8-18(9-7-17)25-22(27)24(3,4)5/h6-13H,2,14H2,1,3-5H3,(H,25,27)(H,26,28). The zero-order chi connectivity index (χ0) is 21.9. The molecule has 0 aliphatic carbocycles. The van der Waals surface area contributed by atoms with E-state index in [1.165, 1.54) is 0 Å². The molecule has 0 bridgehead atoms. The third kappa shape index (κ3) is 5.29. The lowest BCUT2D eigenvalue weighted by molar-refractivity contribution is -0.123. The zero-order valence-corrected chi connectivity index (χ0v) is 17.7. The number of amides is 2. The molecule has 0 saturated carbocycles. The van der Waals surface area contributed by atoms with Crippen molar-refractivity contribution in [2.24, 2.45) is 5.41 Å². The van der Waals surface area contributed by atoms with Gasteiger partial charge in [0.1, 0.15) is 18.1 Å². The molecule has 6 nitrogen and oxygen atoms in total. The fourth-order valence-electron chi connectivity index (χ4n) is 2.81. The molecule has 2 N–H and O–H groups in total. The van der Waals surface area contributed by atoms with Crippen molar-refractivity contribution in [2.45, 2.75) is 34.3 Å². The quantitative estimate of drug-likeness (QED) is 0.680. The number of fused-ring (bicyclic) bond motifs is 1. The summed E-state index contributed by atoms with van der Waals surface area (Å²) in [5, 5.41) is 5.56. The predicted octanol–water partition coefficient (Wildman–Crippen LogP) is 5.73. The fraction of sp³-hybridized carbons (Fsp3) is 0.250. The third-order valence-corrected chi connectivity index (χ3v) is 4.53. The van der Waals surface area contributed by atoms with E-state index in [0.717, 1.165) is 16.7 Å². The van der Waals surface area contributed by atoms with Crippen molar-refractivity contribution in [3.8, 4) is 5.75 Å². The van der Waals surface area contributed by atoms with Crippen LogP contribution in [0.3, 0.4) is 0 Å². The maximum atomic E-state index is 12.1. The fourth-order valence-corrected chi connectivity index (χ4v) is 2.81. The first-order valence-electron chi connectivity index (χ1n) is 9.65. The van der Waals surface area contributed by atoms with Gasteiger partial charge in [0.2, 0.25) is 5.91 Å². The van der Waals surface area contributed by atoms with Crippen molar-refractivity contribution >= 4 is 28.9 Å². The lowest BCUT2D eigenvalue weighted by Gasteiger charge is -2.18. The van der Waals surface area contributed by atoms with E-state index in [4.69, 9.17) is 9.47 Å². The molecule has 1 aliphatic rings. The van der Waals surface area contributed by atoms with Crippen LogP contribution in [-0.2, 0) is 16.1 Å². The molecule has 0 aromatic heterocycles. The summed E-state index contributed by atoms with van der Waals surface area (Å²) in [5.41, 5.74) is 3.62. The van der Waals surface area contributed by atoms with Gasteiger partial charge in [-0.1, -0.05) is 39.5 Å². The smallest absolute Gasteiger partial charge is 0.411 e. The maximum absolute atomic E-state index is 12.1. The molecule has 156 valence electrons. The molecule has 0 spiro atoms. The van der Waals surface area contributed by atoms with Gasteiger partial charge in [-0.15, -0.1) is 0 Å². The second kappa shape index (κ2) is 8.45. The summed E-state index contributed by atoms with van der Waals surface area (Å²) in [6.07, 6.45) is 1.30. The summed E-state index contributed by atoms with van der Waals surface area (Å²) in [5.74, 6) is 1.14. The molecule has 0 unspecified atom stereocenters. The minimum absolute atomic E-state index is 0.0610. The average Bonchev–Trinajstić information content (AvgIpc) is 2.66. The first-order chi connectivity index (χ1) is 14.1. The number of carbonyl (C=O) groups is 2. The van der Waals surface area contributed by atoms with Crippen molar-refractivity contribution in [3.05, 3.63) is 72.0 Å². The van der Waals surface area contributed by atoms with E-state index >= 15 is 0 Å². The van der Waals surface area contributed by atoms with E-state index in [9.17, 15) is 9.59 Å². The Balaban J connectivity index is 1.54. The number of hydrogen-bond acceptors (Lipinski definition) is 4. The van der Waals surface area contributed by atoms with Gasteiger partial charge in [0.05, 0.1) is 0 Å². The SMILES string of the molecule is C=C1C=C(C)c2ccc(NC(=O)OCc3ccc(NC(=O)C(C)(C)C)cc3)cc2O1. The van der Waals surface area contributed by atoms with Gasteiger partial charge in [-0.3, -0.25) is 10.1 Å².